The first-order chi connectivity index (χ1) is 14.2. The lowest BCUT2D eigenvalue weighted by molar-refractivity contribution is -0.113. The average Bonchev–Trinajstić information content (AvgIpc) is 3.39. The number of hydrogen-bond donors (Lipinski definition) is 1. The lowest BCUT2D eigenvalue weighted by atomic mass is 9.97. The molecule has 1 N–H and O–H groups in total. The highest BCUT2D eigenvalue weighted by atomic mass is 32.2. The highest BCUT2D eigenvalue weighted by Crippen LogP contribution is 2.40. The van der Waals surface area contributed by atoms with Gasteiger partial charge in [0.1, 0.15) is 16.9 Å². The monoisotopic (exact) mass is 427 g/mol. The maximum absolute atomic E-state index is 12.6. The smallest absolute Gasteiger partial charge is 0.235 e. The van der Waals surface area contributed by atoms with Crippen molar-refractivity contribution in [2.75, 3.05) is 11.1 Å². The van der Waals surface area contributed by atoms with E-state index in [0.717, 1.165) is 55.1 Å². The van der Waals surface area contributed by atoms with Crippen LogP contribution in [0.3, 0.4) is 0 Å². The van der Waals surface area contributed by atoms with Crippen LogP contribution in [0, 0.1) is 11.3 Å². The Balaban J connectivity index is 1.43. The van der Waals surface area contributed by atoms with Gasteiger partial charge in [0, 0.05) is 17.3 Å². The first-order valence-electron chi connectivity index (χ1n) is 10.2. The third-order valence-corrected chi connectivity index (χ3v) is 7.54. The Morgan fingerprint density at radius 2 is 2.10 bits per heavy atom. The van der Waals surface area contributed by atoms with Crippen molar-refractivity contribution >= 4 is 34.0 Å². The van der Waals surface area contributed by atoms with Crippen LogP contribution in [0.25, 0.3) is 0 Å². The van der Waals surface area contributed by atoms with E-state index in [-0.39, 0.29) is 11.7 Å². The summed E-state index contributed by atoms with van der Waals surface area (Å²) in [6.07, 6.45) is 10.8. The number of nitrogens with one attached hydrogen (secondary N) is 1. The summed E-state index contributed by atoms with van der Waals surface area (Å²) in [4.78, 5) is 13.9. The minimum atomic E-state index is -0.109. The van der Waals surface area contributed by atoms with Gasteiger partial charge >= 0.3 is 0 Å². The van der Waals surface area contributed by atoms with E-state index in [0.29, 0.717) is 23.0 Å². The second-order valence-corrected chi connectivity index (χ2v) is 9.63. The molecule has 1 fully saturated rings. The van der Waals surface area contributed by atoms with Gasteiger partial charge in [-0.2, -0.15) is 5.26 Å². The largest absolute Gasteiger partial charge is 0.316 e. The van der Waals surface area contributed by atoms with Crippen LogP contribution in [0.4, 0.5) is 5.00 Å². The number of amides is 1. The summed E-state index contributed by atoms with van der Waals surface area (Å²) in [7, 11) is 0. The number of hydrogen-bond acceptors (Lipinski definition) is 6. The molecule has 2 aromatic rings. The van der Waals surface area contributed by atoms with Crippen LogP contribution in [0.1, 0.15) is 66.3 Å². The molecule has 0 radical (unpaired) electrons. The standard InChI is InChI=1S/C21H25N5OS2/c1-2-11-26-19(14-9-10-14)24-25-21(26)28-13-18(27)23-20-16(12-22)15-7-5-3-4-6-8-17(15)29-20/h2,14H,1,3-11,13H2,(H,23,27). The van der Waals surface area contributed by atoms with E-state index in [2.05, 4.69) is 32.7 Å². The zero-order valence-corrected chi connectivity index (χ0v) is 18.1. The minimum absolute atomic E-state index is 0.109. The van der Waals surface area contributed by atoms with E-state index in [1.54, 1.807) is 11.3 Å². The molecule has 0 bridgehead atoms. The summed E-state index contributed by atoms with van der Waals surface area (Å²) in [5, 5.41) is 22.7. The number of nitrogens with zero attached hydrogens (tertiary/aromatic N) is 4. The van der Waals surface area contributed by atoms with Crippen LogP contribution in [-0.2, 0) is 24.2 Å². The highest BCUT2D eigenvalue weighted by molar-refractivity contribution is 7.99. The molecule has 152 valence electrons. The van der Waals surface area contributed by atoms with Crippen molar-refractivity contribution < 1.29 is 4.79 Å². The molecule has 29 heavy (non-hydrogen) atoms. The number of carbonyl (C=O) groups excluding carboxylic acids is 1. The van der Waals surface area contributed by atoms with Gasteiger partial charge in [-0.15, -0.1) is 28.1 Å². The van der Waals surface area contributed by atoms with Crippen LogP contribution in [0.5, 0.6) is 0 Å². The second-order valence-electron chi connectivity index (χ2n) is 7.59. The third kappa shape index (κ3) is 4.57. The van der Waals surface area contributed by atoms with Crippen molar-refractivity contribution in [2.45, 2.75) is 69.0 Å². The molecule has 4 rings (SSSR count). The molecular weight excluding hydrogens is 402 g/mol. The van der Waals surface area contributed by atoms with E-state index >= 15 is 0 Å². The molecule has 2 aliphatic rings. The lowest BCUT2D eigenvalue weighted by Crippen LogP contribution is -2.14. The maximum atomic E-state index is 12.6. The SMILES string of the molecule is C=CCn1c(SCC(=O)Nc2sc3c(c2C#N)CCCCCC3)nnc1C1CC1. The number of fused-ring (bicyclic) bond motifs is 1. The molecule has 1 saturated carbocycles. The number of rotatable bonds is 7. The fourth-order valence-electron chi connectivity index (χ4n) is 3.77. The molecule has 1 amide bonds. The van der Waals surface area contributed by atoms with Crippen molar-refractivity contribution in [3.8, 4) is 6.07 Å². The van der Waals surface area contributed by atoms with E-state index < -0.39 is 0 Å². The number of allylic oxidation sites excluding steroid dienone is 1. The predicted molar refractivity (Wildman–Crippen MR) is 116 cm³/mol. The number of nitriles is 1. The number of thioether (sulfide) groups is 1. The van der Waals surface area contributed by atoms with Crippen LogP contribution in [0.15, 0.2) is 17.8 Å². The van der Waals surface area contributed by atoms with Crippen molar-refractivity contribution in [3.63, 3.8) is 0 Å². The highest BCUT2D eigenvalue weighted by Gasteiger charge is 2.30. The quantitative estimate of drug-likeness (QED) is 0.513. The summed E-state index contributed by atoms with van der Waals surface area (Å²) in [5.41, 5.74) is 1.82. The predicted octanol–water partition coefficient (Wildman–Crippen LogP) is 4.66. The Kier molecular flexibility index (Phi) is 6.36. The fourth-order valence-corrected chi connectivity index (χ4v) is 5.78. The normalized spacial score (nSPS) is 16.4. The van der Waals surface area contributed by atoms with Crippen LogP contribution >= 0.6 is 23.1 Å². The number of thiophene rings is 1. The number of aryl methyl sites for hydroxylation is 1. The molecule has 0 aliphatic heterocycles. The Bertz CT molecular complexity index is 951. The summed E-state index contributed by atoms with van der Waals surface area (Å²) in [5.74, 6) is 1.63. The number of aromatic nitrogens is 3. The molecular formula is C21H25N5OS2. The van der Waals surface area contributed by atoms with Crippen molar-refractivity contribution in [2.24, 2.45) is 0 Å². The van der Waals surface area contributed by atoms with Crippen molar-refractivity contribution in [1.29, 1.82) is 5.26 Å². The maximum Gasteiger partial charge on any atom is 0.235 e. The molecule has 0 spiro atoms. The van der Waals surface area contributed by atoms with Gasteiger partial charge < -0.3 is 9.88 Å². The number of anilines is 1. The minimum Gasteiger partial charge on any atom is -0.316 e. The summed E-state index contributed by atoms with van der Waals surface area (Å²) >= 11 is 2.96. The molecule has 6 nitrogen and oxygen atoms in total. The van der Waals surface area contributed by atoms with Crippen molar-refractivity contribution in [3.05, 3.63) is 34.5 Å². The molecule has 2 heterocycles. The van der Waals surface area contributed by atoms with Gasteiger partial charge in [0.2, 0.25) is 5.91 Å². The molecule has 2 aromatic heterocycles. The van der Waals surface area contributed by atoms with Crippen LogP contribution < -0.4 is 5.32 Å². The molecule has 0 atom stereocenters. The molecule has 0 unspecified atom stereocenters. The first kappa shape index (κ1) is 20.2. The summed E-state index contributed by atoms with van der Waals surface area (Å²) in [6.45, 7) is 4.47. The van der Waals surface area contributed by atoms with Gasteiger partial charge in [-0.25, -0.2) is 0 Å². The third-order valence-electron chi connectivity index (χ3n) is 5.37. The van der Waals surface area contributed by atoms with Crippen LogP contribution in [0.2, 0.25) is 0 Å². The fraction of sp³-hybridized carbons (Fsp3) is 0.524. The van der Waals surface area contributed by atoms with Gasteiger partial charge in [-0.1, -0.05) is 30.7 Å². The molecule has 8 heteroatoms. The van der Waals surface area contributed by atoms with E-state index in [9.17, 15) is 10.1 Å². The topological polar surface area (TPSA) is 83.6 Å². The molecule has 2 aliphatic carbocycles. The summed E-state index contributed by atoms with van der Waals surface area (Å²) in [6, 6.07) is 2.33. The summed E-state index contributed by atoms with van der Waals surface area (Å²) < 4.78 is 2.06. The second kappa shape index (κ2) is 9.14. The number of carbonyl (C=O) groups is 1. The van der Waals surface area contributed by atoms with E-state index in [1.807, 2.05) is 6.08 Å². The average molecular weight is 428 g/mol. The zero-order chi connectivity index (χ0) is 20.2. The Morgan fingerprint density at radius 1 is 1.31 bits per heavy atom. The Labute approximate surface area is 179 Å². The van der Waals surface area contributed by atoms with Crippen LogP contribution in [-0.4, -0.2) is 26.4 Å². The van der Waals surface area contributed by atoms with E-state index in [1.165, 1.54) is 29.5 Å². The molecule has 0 saturated heterocycles. The first-order valence-corrected chi connectivity index (χ1v) is 12.0. The molecule has 0 aromatic carbocycles. The van der Waals surface area contributed by atoms with Gasteiger partial charge in [-0.3, -0.25) is 4.79 Å². The Morgan fingerprint density at radius 3 is 2.83 bits per heavy atom. The van der Waals surface area contributed by atoms with E-state index in [4.69, 9.17) is 0 Å². The Hall–Kier alpha value is -2.11. The van der Waals surface area contributed by atoms with Gasteiger partial charge in [0.25, 0.3) is 0 Å². The van der Waals surface area contributed by atoms with Gasteiger partial charge in [0.15, 0.2) is 5.16 Å². The zero-order valence-electron chi connectivity index (χ0n) is 16.4. The lowest BCUT2D eigenvalue weighted by Gasteiger charge is -2.08. The van der Waals surface area contributed by atoms with Gasteiger partial charge in [-0.05, 0) is 44.1 Å². The van der Waals surface area contributed by atoms with Gasteiger partial charge in [0.05, 0.1) is 11.3 Å². The van der Waals surface area contributed by atoms with Crippen molar-refractivity contribution in [1.82, 2.24) is 14.8 Å².